The summed E-state index contributed by atoms with van der Waals surface area (Å²) in [5.41, 5.74) is 1.21. The van der Waals surface area contributed by atoms with Crippen LogP contribution in [0, 0.1) is 5.41 Å². The number of aliphatic hydroxyl groups excluding tert-OH is 1. The lowest BCUT2D eigenvalue weighted by Crippen LogP contribution is -2.39. The summed E-state index contributed by atoms with van der Waals surface area (Å²) in [6.45, 7) is 6.61. The van der Waals surface area contributed by atoms with Gasteiger partial charge in [0.05, 0.1) is 6.61 Å². The fourth-order valence-electron chi connectivity index (χ4n) is 2.50. The number of carbonyl (C=O) groups excluding carboxylic acids is 1. The van der Waals surface area contributed by atoms with Crippen LogP contribution in [0.1, 0.15) is 49.8 Å². The smallest absolute Gasteiger partial charge is 0.251 e. The van der Waals surface area contributed by atoms with Crippen molar-refractivity contribution in [3.05, 3.63) is 35.7 Å². The van der Waals surface area contributed by atoms with Crippen molar-refractivity contribution in [3.63, 3.8) is 0 Å². The van der Waals surface area contributed by atoms with Gasteiger partial charge in [-0.15, -0.1) is 0 Å². The molecule has 2 aromatic rings. The van der Waals surface area contributed by atoms with Crippen LogP contribution in [0.5, 0.6) is 0 Å². The number of aryl methyl sites for hydroxylation is 1. The minimum Gasteiger partial charge on any atom is -0.396 e. The van der Waals surface area contributed by atoms with E-state index < -0.39 is 0 Å². The van der Waals surface area contributed by atoms with E-state index >= 15 is 0 Å². The maximum Gasteiger partial charge on any atom is 0.251 e. The molecule has 0 spiro atoms. The van der Waals surface area contributed by atoms with Crippen molar-refractivity contribution in [2.75, 3.05) is 13.2 Å². The first-order valence-electron chi connectivity index (χ1n) is 8.48. The molecule has 0 aliphatic rings. The lowest BCUT2D eigenvalue weighted by molar-refractivity contribution is 0.0851. The highest BCUT2D eigenvalue weighted by Gasteiger charge is 2.25. The number of rotatable bonds is 8. The molecule has 0 saturated carbocycles. The summed E-state index contributed by atoms with van der Waals surface area (Å²) in [4.78, 5) is 16.7. The lowest BCUT2D eigenvalue weighted by atomic mass is 9.83. The molecule has 0 radical (unpaired) electrons. The van der Waals surface area contributed by atoms with Crippen LogP contribution in [0.25, 0.3) is 11.4 Å². The van der Waals surface area contributed by atoms with E-state index in [2.05, 4.69) is 20.5 Å². The van der Waals surface area contributed by atoms with Crippen molar-refractivity contribution in [3.8, 4) is 11.4 Å². The van der Waals surface area contributed by atoms with E-state index in [9.17, 15) is 9.90 Å². The van der Waals surface area contributed by atoms with E-state index in [1.54, 1.807) is 12.1 Å². The summed E-state index contributed by atoms with van der Waals surface area (Å²) < 4.78 is 0. The standard InChI is InChI=1S/C18H26N4O2/c1-4-15-20-16(22-21-15)13-7-9-14(10-8-13)17(24)19-11-18(5-2,6-3)12-23/h7-10,23H,4-6,11-12H2,1-3H3,(H,19,24)(H,20,21,22). The first-order valence-corrected chi connectivity index (χ1v) is 8.48. The summed E-state index contributed by atoms with van der Waals surface area (Å²) in [5.74, 6) is 1.34. The largest absolute Gasteiger partial charge is 0.396 e. The Morgan fingerprint density at radius 2 is 1.88 bits per heavy atom. The van der Waals surface area contributed by atoms with E-state index in [1.807, 2.05) is 32.9 Å². The molecule has 130 valence electrons. The number of nitrogens with one attached hydrogen (secondary N) is 2. The van der Waals surface area contributed by atoms with E-state index in [0.717, 1.165) is 30.7 Å². The molecule has 24 heavy (non-hydrogen) atoms. The molecule has 0 saturated heterocycles. The molecule has 3 N–H and O–H groups in total. The molecule has 0 unspecified atom stereocenters. The maximum absolute atomic E-state index is 12.3. The second kappa shape index (κ2) is 8.06. The maximum atomic E-state index is 12.3. The number of aromatic nitrogens is 3. The van der Waals surface area contributed by atoms with Gasteiger partial charge in [-0.2, -0.15) is 5.10 Å². The van der Waals surface area contributed by atoms with Gasteiger partial charge in [0.15, 0.2) is 5.82 Å². The Morgan fingerprint density at radius 3 is 2.38 bits per heavy atom. The summed E-state index contributed by atoms with van der Waals surface area (Å²) in [7, 11) is 0. The van der Waals surface area contributed by atoms with Gasteiger partial charge in [0.1, 0.15) is 5.82 Å². The molecule has 0 aliphatic carbocycles. The highest BCUT2D eigenvalue weighted by atomic mass is 16.3. The molecule has 0 bridgehead atoms. The molecule has 6 heteroatoms. The van der Waals surface area contributed by atoms with Crippen molar-refractivity contribution in [1.29, 1.82) is 0 Å². The van der Waals surface area contributed by atoms with Crippen LogP contribution >= 0.6 is 0 Å². The fourth-order valence-corrected chi connectivity index (χ4v) is 2.50. The van der Waals surface area contributed by atoms with Crippen LogP contribution in [0.3, 0.4) is 0 Å². The second-order valence-corrected chi connectivity index (χ2v) is 6.08. The summed E-state index contributed by atoms with van der Waals surface area (Å²) in [6.07, 6.45) is 2.45. The molecule has 1 heterocycles. The molecular weight excluding hydrogens is 304 g/mol. The van der Waals surface area contributed by atoms with Gasteiger partial charge in [0, 0.05) is 29.5 Å². The van der Waals surface area contributed by atoms with Crippen molar-refractivity contribution >= 4 is 5.91 Å². The van der Waals surface area contributed by atoms with Crippen LogP contribution in [-0.4, -0.2) is 39.3 Å². The Morgan fingerprint density at radius 1 is 1.21 bits per heavy atom. The van der Waals surface area contributed by atoms with Gasteiger partial charge in [0.25, 0.3) is 5.91 Å². The van der Waals surface area contributed by atoms with Crippen LogP contribution in [0.15, 0.2) is 24.3 Å². The third-order valence-corrected chi connectivity index (χ3v) is 4.73. The number of carbonyl (C=O) groups is 1. The molecule has 0 fully saturated rings. The Kier molecular flexibility index (Phi) is 6.09. The first kappa shape index (κ1) is 18.1. The average Bonchev–Trinajstić information content (AvgIpc) is 3.12. The molecule has 0 aliphatic heterocycles. The third kappa shape index (κ3) is 4.00. The van der Waals surface area contributed by atoms with Gasteiger partial charge < -0.3 is 10.4 Å². The van der Waals surface area contributed by atoms with E-state index in [4.69, 9.17) is 0 Å². The summed E-state index contributed by atoms with van der Waals surface area (Å²) >= 11 is 0. The van der Waals surface area contributed by atoms with E-state index in [0.29, 0.717) is 17.9 Å². The predicted molar refractivity (Wildman–Crippen MR) is 93.6 cm³/mol. The van der Waals surface area contributed by atoms with Gasteiger partial charge in [-0.05, 0) is 25.0 Å². The van der Waals surface area contributed by atoms with Crippen molar-refractivity contribution in [1.82, 2.24) is 20.5 Å². The second-order valence-electron chi connectivity index (χ2n) is 6.08. The number of amides is 1. The molecule has 1 aromatic heterocycles. The zero-order valence-corrected chi connectivity index (χ0v) is 14.6. The number of nitrogens with zero attached hydrogens (tertiary/aromatic N) is 2. The van der Waals surface area contributed by atoms with Crippen LogP contribution < -0.4 is 5.32 Å². The normalized spacial score (nSPS) is 11.5. The molecule has 1 aromatic carbocycles. The van der Waals surface area contributed by atoms with Gasteiger partial charge in [-0.25, -0.2) is 4.98 Å². The van der Waals surface area contributed by atoms with Crippen LogP contribution in [-0.2, 0) is 6.42 Å². The molecule has 1 amide bonds. The van der Waals surface area contributed by atoms with Crippen molar-refractivity contribution in [2.24, 2.45) is 5.41 Å². The zero-order valence-electron chi connectivity index (χ0n) is 14.6. The molecular formula is C18H26N4O2. The van der Waals surface area contributed by atoms with Gasteiger partial charge in [-0.1, -0.05) is 32.9 Å². The van der Waals surface area contributed by atoms with E-state index in [1.165, 1.54) is 0 Å². The lowest BCUT2D eigenvalue weighted by Gasteiger charge is -2.29. The Labute approximate surface area is 142 Å². The van der Waals surface area contributed by atoms with Crippen molar-refractivity contribution < 1.29 is 9.90 Å². The quantitative estimate of drug-likeness (QED) is 0.694. The number of hydrogen-bond donors (Lipinski definition) is 3. The molecule has 0 atom stereocenters. The third-order valence-electron chi connectivity index (χ3n) is 4.73. The number of aromatic amines is 1. The topological polar surface area (TPSA) is 90.9 Å². The minimum absolute atomic E-state index is 0.0732. The number of H-pyrrole nitrogens is 1. The average molecular weight is 330 g/mol. The SMILES string of the molecule is CCc1nc(-c2ccc(C(=O)NCC(CC)(CC)CO)cc2)n[nH]1. The van der Waals surface area contributed by atoms with Gasteiger partial charge >= 0.3 is 0 Å². The van der Waals surface area contributed by atoms with Crippen LogP contribution in [0.2, 0.25) is 0 Å². The Hall–Kier alpha value is -2.21. The Bertz CT molecular complexity index is 652. The van der Waals surface area contributed by atoms with Crippen molar-refractivity contribution in [2.45, 2.75) is 40.0 Å². The summed E-state index contributed by atoms with van der Waals surface area (Å²) in [6, 6.07) is 7.23. The highest BCUT2D eigenvalue weighted by molar-refractivity contribution is 5.94. The predicted octanol–water partition coefficient (Wildman–Crippen LogP) is 2.56. The van der Waals surface area contributed by atoms with Gasteiger partial charge in [-0.3, -0.25) is 9.89 Å². The highest BCUT2D eigenvalue weighted by Crippen LogP contribution is 2.24. The molecule has 6 nitrogen and oxygen atoms in total. The van der Waals surface area contributed by atoms with Crippen LogP contribution in [0.4, 0.5) is 0 Å². The minimum atomic E-state index is -0.245. The number of aliphatic hydroxyl groups is 1. The monoisotopic (exact) mass is 330 g/mol. The first-order chi connectivity index (χ1) is 11.6. The van der Waals surface area contributed by atoms with E-state index in [-0.39, 0.29) is 17.9 Å². The zero-order chi connectivity index (χ0) is 17.6. The number of benzene rings is 1. The molecule has 2 rings (SSSR count). The van der Waals surface area contributed by atoms with Gasteiger partial charge in [0.2, 0.25) is 0 Å². The summed E-state index contributed by atoms with van der Waals surface area (Å²) in [5, 5.41) is 19.6. The Balaban J connectivity index is 2.03. The number of hydrogen-bond acceptors (Lipinski definition) is 4. The fraction of sp³-hybridized carbons (Fsp3) is 0.500.